The fourth-order valence-corrected chi connectivity index (χ4v) is 2.24. The molecule has 0 aromatic carbocycles. The average Bonchev–Trinajstić information content (AvgIpc) is 2.72. The van der Waals surface area contributed by atoms with E-state index in [0.29, 0.717) is 5.82 Å². The zero-order chi connectivity index (χ0) is 11.0. The first-order chi connectivity index (χ1) is 7.84. The third kappa shape index (κ3) is 1.46. The highest BCUT2D eigenvalue weighted by Gasteiger charge is 2.16. The molecule has 3 heterocycles. The van der Waals surface area contributed by atoms with Crippen molar-refractivity contribution in [3.63, 3.8) is 0 Å². The van der Waals surface area contributed by atoms with Gasteiger partial charge < -0.3 is 5.73 Å². The normalized spacial score (nSPS) is 14.8. The van der Waals surface area contributed by atoms with E-state index in [2.05, 4.69) is 14.8 Å². The second-order valence-electron chi connectivity index (χ2n) is 4.13. The predicted molar refractivity (Wildman–Crippen MR) is 62.8 cm³/mol. The quantitative estimate of drug-likeness (QED) is 0.788. The Hall–Kier alpha value is -1.84. The molecule has 0 aliphatic carbocycles. The van der Waals surface area contributed by atoms with Gasteiger partial charge in [-0.15, -0.1) is 0 Å². The highest BCUT2D eigenvalue weighted by atomic mass is 15.3. The molecular weight excluding hydrogens is 200 g/mol. The van der Waals surface area contributed by atoms with E-state index in [1.54, 1.807) is 6.07 Å². The van der Waals surface area contributed by atoms with Gasteiger partial charge in [-0.1, -0.05) is 6.07 Å². The number of hydrogen-bond donors (Lipinski definition) is 1. The molecule has 2 aromatic rings. The van der Waals surface area contributed by atoms with Crippen LogP contribution in [0, 0.1) is 0 Å². The van der Waals surface area contributed by atoms with E-state index in [9.17, 15) is 0 Å². The average molecular weight is 214 g/mol. The molecule has 0 amide bonds. The number of rotatable bonds is 1. The second kappa shape index (κ2) is 3.63. The SMILES string of the molecule is Nc1cccc(-c2cnn3c2CCCC3)n1. The molecule has 0 unspecified atom stereocenters. The van der Waals surface area contributed by atoms with Gasteiger partial charge in [0.2, 0.25) is 0 Å². The first kappa shape index (κ1) is 9.39. The van der Waals surface area contributed by atoms with Gasteiger partial charge in [-0.3, -0.25) is 4.68 Å². The summed E-state index contributed by atoms with van der Waals surface area (Å²) in [6.45, 7) is 1.03. The smallest absolute Gasteiger partial charge is 0.124 e. The third-order valence-corrected chi connectivity index (χ3v) is 3.03. The number of aromatic nitrogens is 3. The molecule has 82 valence electrons. The molecule has 3 rings (SSSR count). The van der Waals surface area contributed by atoms with Crippen LogP contribution in [0.3, 0.4) is 0 Å². The van der Waals surface area contributed by atoms with Crippen molar-refractivity contribution in [3.05, 3.63) is 30.1 Å². The van der Waals surface area contributed by atoms with Crippen LogP contribution in [0.25, 0.3) is 11.3 Å². The predicted octanol–water partition coefficient (Wildman–Crippen LogP) is 1.86. The Bertz CT molecular complexity index is 515. The summed E-state index contributed by atoms with van der Waals surface area (Å²) in [6.07, 6.45) is 5.45. The van der Waals surface area contributed by atoms with Crippen LogP contribution in [0.2, 0.25) is 0 Å². The second-order valence-corrected chi connectivity index (χ2v) is 4.13. The zero-order valence-electron chi connectivity index (χ0n) is 9.06. The summed E-state index contributed by atoms with van der Waals surface area (Å²) in [4.78, 5) is 4.35. The van der Waals surface area contributed by atoms with E-state index >= 15 is 0 Å². The summed E-state index contributed by atoms with van der Waals surface area (Å²) in [5.74, 6) is 0.563. The van der Waals surface area contributed by atoms with Gasteiger partial charge in [0, 0.05) is 17.8 Å². The Morgan fingerprint density at radius 3 is 3.06 bits per heavy atom. The Balaban J connectivity index is 2.09. The summed E-state index contributed by atoms with van der Waals surface area (Å²) < 4.78 is 2.09. The lowest BCUT2D eigenvalue weighted by Crippen LogP contribution is -2.11. The molecule has 0 radical (unpaired) electrons. The van der Waals surface area contributed by atoms with Gasteiger partial charge in [0.15, 0.2) is 0 Å². The summed E-state index contributed by atoms with van der Waals surface area (Å²) in [6, 6.07) is 5.73. The summed E-state index contributed by atoms with van der Waals surface area (Å²) >= 11 is 0. The number of aryl methyl sites for hydroxylation is 1. The van der Waals surface area contributed by atoms with Crippen molar-refractivity contribution in [2.45, 2.75) is 25.8 Å². The fraction of sp³-hybridized carbons (Fsp3) is 0.333. The molecule has 4 heteroatoms. The molecule has 0 atom stereocenters. The van der Waals surface area contributed by atoms with Crippen molar-refractivity contribution in [2.24, 2.45) is 0 Å². The molecule has 1 aliphatic heterocycles. The fourth-order valence-electron chi connectivity index (χ4n) is 2.24. The lowest BCUT2D eigenvalue weighted by atomic mass is 10.0. The maximum absolute atomic E-state index is 5.70. The highest BCUT2D eigenvalue weighted by Crippen LogP contribution is 2.26. The Morgan fingerprint density at radius 2 is 2.19 bits per heavy atom. The van der Waals surface area contributed by atoms with Crippen LogP contribution in [0.1, 0.15) is 18.5 Å². The van der Waals surface area contributed by atoms with Gasteiger partial charge >= 0.3 is 0 Å². The molecular formula is C12H14N4. The molecule has 0 bridgehead atoms. The number of nitrogens with zero attached hydrogens (tertiary/aromatic N) is 3. The minimum absolute atomic E-state index is 0.563. The number of nitrogen functional groups attached to an aromatic ring is 1. The topological polar surface area (TPSA) is 56.7 Å². The van der Waals surface area contributed by atoms with Crippen LogP contribution in [0.4, 0.5) is 5.82 Å². The van der Waals surface area contributed by atoms with Gasteiger partial charge in [0.1, 0.15) is 5.82 Å². The summed E-state index contributed by atoms with van der Waals surface area (Å²) in [5, 5.41) is 4.40. The molecule has 0 saturated carbocycles. The van der Waals surface area contributed by atoms with E-state index in [0.717, 1.165) is 24.2 Å². The lowest BCUT2D eigenvalue weighted by molar-refractivity contribution is 0.487. The van der Waals surface area contributed by atoms with Crippen molar-refractivity contribution in [2.75, 3.05) is 5.73 Å². The molecule has 2 aromatic heterocycles. The van der Waals surface area contributed by atoms with Gasteiger partial charge in [-0.2, -0.15) is 5.10 Å². The Labute approximate surface area is 94.1 Å². The summed E-state index contributed by atoms with van der Waals surface area (Å²) in [7, 11) is 0. The summed E-state index contributed by atoms with van der Waals surface area (Å²) in [5.41, 5.74) is 9.06. The van der Waals surface area contributed by atoms with Crippen molar-refractivity contribution in [1.82, 2.24) is 14.8 Å². The first-order valence-corrected chi connectivity index (χ1v) is 5.62. The molecule has 16 heavy (non-hydrogen) atoms. The first-order valence-electron chi connectivity index (χ1n) is 5.62. The van der Waals surface area contributed by atoms with Gasteiger partial charge in [0.05, 0.1) is 11.9 Å². The minimum atomic E-state index is 0.563. The standard InChI is InChI=1S/C12H14N4/c13-12-6-3-4-10(15-12)9-8-14-16-7-2-1-5-11(9)16/h3-4,6,8H,1-2,5,7H2,(H2,13,15). The van der Waals surface area contributed by atoms with Crippen LogP contribution in [0.15, 0.2) is 24.4 Å². The van der Waals surface area contributed by atoms with E-state index in [-0.39, 0.29) is 0 Å². The number of pyridine rings is 1. The van der Waals surface area contributed by atoms with Crippen LogP contribution in [-0.2, 0) is 13.0 Å². The van der Waals surface area contributed by atoms with Crippen molar-refractivity contribution in [3.8, 4) is 11.3 Å². The molecule has 0 fully saturated rings. The molecule has 0 spiro atoms. The van der Waals surface area contributed by atoms with Crippen LogP contribution in [0.5, 0.6) is 0 Å². The largest absolute Gasteiger partial charge is 0.384 e. The van der Waals surface area contributed by atoms with Gasteiger partial charge in [-0.25, -0.2) is 4.98 Å². The maximum Gasteiger partial charge on any atom is 0.124 e. The number of hydrogen-bond acceptors (Lipinski definition) is 3. The number of anilines is 1. The van der Waals surface area contributed by atoms with E-state index < -0.39 is 0 Å². The lowest BCUT2D eigenvalue weighted by Gasteiger charge is -2.14. The molecule has 0 saturated heterocycles. The van der Waals surface area contributed by atoms with Crippen molar-refractivity contribution < 1.29 is 0 Å². The van der Waals surface area contributed by atoms with Crippen LogP contribution < -0.4 is 5.73 Å². The van der Waals surface area contributed by atoms with Crippen LogP contribution in [-0.4, -0.2) is 14.8 Å². The number of fused-ring (bicyclic) bond motifs is 1. The molecule has 2 N–H and O–H groups in total. The Morgan fingerprint density at radius 1 is 1.25 bits per heavy atom. The van der Waals surface area contributed by atoms with E-state index in [1.165, 1.54) is 18.5 Å². The third-order valence-electron chi connectivity index (χ3n) is 3.03. The highest BCUT2D eigenvalue weighted by molar-refractivity contribution is 5.63. The van der Waals surface area contributed by atoms with Crippen molar-refractivity contribution >= 4 is 5.82 Å². The van der Waals surface area contributed by atoms with E-state index in [4.69, 9.17) is 5.73 Å². The van der Waals surface area contributed by atoms with E-state index in [1.807, 2.05) is 18.3 Å². The molecule has 1 aliphatic rings. The van der Waals surface area contributed by atoms with Gasteiger partial charge in [0.25, 0.3) is 0 Å². The van der Waals surface area contributed by atoms with Crippen molar-refractivity contribution in [1.29, 1.82) is 0 Å². The zero-order valence-corrected chi connectivity index (χ0v) is 9.06. The number of nitrogens with two attached hydrogens (primary N) is 1. The maximum atomic E-state index is 5.70. The molecule has 4 nitrogen and oxygen atoms in total. The Kier molecular flexibility index (Phi) is 2.13. The minimum Gasteiger partial charge on any atom is -0.384 e. The monoisotopic (exact) mass is 214 g/mol. The van der Waals surface area contributed by atoms with Crippen LogP contribution >= 0.6 is 0 Å². The van der Waals surface area contributed by atoms with Gasteiger partial charge in [-0.05, 0) is 31.4 Å².